The molecule has 1 saturated heterocycles. The van der Waals surface area contributed by atoms with Crippen molar-refractivity contribution in [2.75, 3.05) is 50.6 Å². The highest BCUT2D eigenvalue weighted by Crippen LogP contribution is 2.29. The van der Waals surface area contributed by atoms with Crippen LogP contribution in [0.5, 0.6) is 11.5 Å². The van der Waals surface area contributed by atoms with Crippen LogP contribution < -0.4 is 19.7 Å². The Morgan fingerprint density at radius 2 is 1.77 bits per heavy atom. The summed E-state index contributed by atoms with van der Waals surface area (Å²) in [6.45, 7) is 2.84. The van der Waals surface area contributed by atoms with Crippen molar-refractivity contribution in [3.63, 3.8) is 0 Å². The molecule has 26 heavy (non-hydrogen) atoms. The maximum atomic E-state index is 14.0. The first kappa shape index (κ1) is 18.3. The Balaban J connectivity index is 1.63. The van der Waals surface area contributed by atoms with Crippen LogP contribution in [0.15, 0.2) is 42.5 Å². The monoisotopic (exact) mass is 375 g/mol. The summed E-state index contributed by atoms with van der Waals surface area (Å²) in [6.07, 6.45) is 0. The van der Waals surface area contributed by atoms with E-state index in [2.05, 4.69) is 10.2 Å². The molecule has 1 fully saturated rings. The second kappa shape index (κ2) is 8.23. The number of para-hydroxylation sites is 1. The summed E-state index contributed by atoms with van der Waals surface area (Å²) >= 11 is 5.55. The minimum atomic E-state index is -0.192. The van der Waals surface area contributed by atoms with E-state index < -0.39 is 0 Å². The summed E-state index contributed by atoms with van der Waals surface area (Å²) in [5.41, 5.74) is 1.40. The lowest BCUT2D eigenvalue weighted by atomic mass is 10.2. The topological polar surface area (TPSA) is 37.0 Å². The van der Waals surface area contributed by atoms with Crippen molar-refractivity contribution in [1.29, 1.82) is 0 Å². The lowest BCUT2D eigenvalue weighted by Crippen LogP contribution is -2.50. The number of piperazine rings is 1. The van der Waals surface area contributed by atoms with Gasteiger partial charge in [-0.1, -0.05) is 12.1 Å². The molecule has 0 saturated carbocycles. The van der Waals surface area contributed by atoms with E-state index >= 15 is 0 Å². The largest absolute Gasteiger partial charge is 0.497 e. The Hall–Kier alpha value is -2.54. The second-order valence-corrected chi connectivity index (χ2v) is 6.31. The van der Waals surface area contributed by atoms with Gasteiger partial charge >= 0.3 is 0 Å². The van der Waals surface area contributed by atoms with Gasteiger partial charge in [-0.25, -0.2) is 4.39 Å². The van der Waals surface area contributed by atoms with E-state index in [0.29, 0.717) is 42.7 Å². The minimum Gasteiger partial charge on any atom is -0.497 e. The molecule has 0 spiro atoms. The molecule has 7 heteroatoms. The first-order valence-electron chi connectivity index (χ1n) is 8.40. The number of halogens is 1. The third-order valence-corrected chi connectivity index (χ3v) is 4.77. The Kier molecular flexibility index (Phi) is 5.78. The zero-order valence-electron chi connectivity index (χ0n) is 14.9. The molecule has 0 radical (unpaired) electrons. The molecular formula is C19H22FN3O2S. The number of hydrogen-bond donors (Lipinski definition) is 1. The second-order valence-electron chi connectivity index (χ2n) is 5.92. The van der Waals surface area contributed by atoms with Crippen LogP contribution in [0, 0.1) is 5.82 Å². The van der Waals surface area contributed by atoms with Gasteiger partial charge in [0.25, 0.3) is 0 Å². The van der Waals surface area contributed by atoms with Crippen LogP contribution in [0.3, 0.4) is 0 Å². The molecule has 1 aliphatic rings. The van der Waals surface area contributed by atoms with E-state index in [-0.39, 0.29) is 5.82 Å². The normalized spacial score (nSPS) is 14.1. The lowest BCUT2D eigenvalue weighted by molar-refractivity contribution is 0.387. The highest BCUT2D eigenvalue weighted by molar-refractivity contribution is 7.80. The van der Waals surface area contributed by atoms with Gasteiger partial charge < -0.3 is 24.6 Å². The minimum absolute atomic E-state index is 0.192. The molecule has 138 valence electrons. The van der Waals surface area contributed by atoms with E-state index in [1.165, 1.54) is 6.07 Å². The summed E-state index contributed by atoms with van der Waals surface area (Å²) in [5.74, 6) is 1.22. The number of thiocarbonyl (C=S) groups is 1. The predicted octanol–water partition coefficient (Wildman–Crippen LogP) is 3.36. The molecule has 0 unspecified atom stereocenters. The highest BCUT2D eigenvalue weighted by Gasteiger charge is 2.21. The first-order chi connectivity index (χ1) is 12.6. The van der Waals surface area contributed by atoms with Crippen molar-refractivity contribution in [2.45, 2.75) is 0 Å². The number of nitrogens with one attached hydrogen (secondary N) is 1. The van der Waals surface area contributed by atoms with Crippen LogP contribution in [-0.4, -0.2) is 50.4 Å². The van der Waals surface area contributed by atoms with Gasteiger partial charge in [-0.3, -0.25) is 0 Å². The number of rotatable bonds is 4. The van der Waals surface area contributed by atoms with Gasteiger partial charge in [0.05, 0.1) is 25.6 Å². The number of nitrogens with zero attached hydrogens (tertiary/aromatic N) is 2. The summed E-state index contributed by atoms with van der Waals surface area (Å²) in [6, 6.07) is 12.4. The fraction of sp³-hybridized carbons (Fsp3) is 0.316. The van der Waals surface area contributed by atoms with Crippen molar-refractivity contribution >= 4 is 28.7 Å². The van der Waals surface area contributed by atoms with Gasteiger partial charge in [-0.15, -0.1) is 0 Å². The van der Waals surface area contributed by atoms with Crippen molar-refractivity contribution in [3.8, 4) is 11.5 Å². The maximum Gasteiger partial charge on any atom is 0.173 e. The van der Waals surface area contributed by atoms with Crippen molar-refractivity contribution < 1.29 is 13.9 Å². The number of anilines is 2. The zero-order chi connectivity index (χ0) is 18.5. The third-order valence-electron chi connectivity index (χ3n) is 4.41. The van der Waals surface area contributed by atoms with E-state index in [1.54, 1.807) is 20.3 Å². The van der Waals surface area contributed by atoms with E-state index in [1.807, 2.05) is 35.2 Å². The molecule has 0 amide bonds. The van der Waals surface area contributed by atoms with Crippen LogP contribution in [0.25, 0.3) is 0 Å². The van der Waals surface area contributed by atoms with E-state index in [4.69, 9.17) is 21.7 Å². The third kappa shape index (κ3) is 3.99. The van der Waals surface area contributed by atoms with Gasteiger partial charge in [0.2, 0.25) is 0 Å². The molecule has 0 atom stereocenters. The summed E-state index contributed by atoms with van der Waals surface area (Å²) in [4.78, 5) is 4.12. The summed E-state index contributed by atoms with van der Waals surface area (Å²) in [5, 5.41) is 3.85. The SMILES string of the molecule is COc1ccc(OC)c(NC(=S)N2CCN(c3ccccc3F)CC2)c1. The first-order valence-corrected chi connectivity index (χ1v) is 8.80. The molecule has 0 aromatic heterocycles. The molecule has 2 aromatic carbocycles. The highest BCUT2D eigenvalue weighted by atomic mass is 32.1. The molecule has 5 nitrogen and oxygen atoms in total. The zero-order valence-corrected chi connectivity index (χ0v) is 15.7. The number of benzene rings is 2. The van der Waals surface area contributed by atoms with E-state index in [0.717, 1.165) is 11.4 Å². The van der Waals surface area contributed by atoms with Gasteiger partial charge in [0.15, 0.2) is 5.11 Å². The molecule has 1 heterocycles. The van der Waals surface area contributed by atoms with Crippen LogP contribution in [0.1, 0.15) is 0 Å². The van der Waals surface area contributed by atoms with Crippen molar-refractivity contribution in [3.05, 3.63) is 48.3 Å². The molecule has 1 N–H and O–H groups in total. The average Bonchev–Trinajstić information content (AvgIpc) is 2.68. The van der Waals surface area contributed by atoms with Crippen LogP contribution in [-0.2, 0) is 0 Å². The number of ether oxygens (including phenoxy) is 2. The molecule has 1 aliphatic heterocycles. The Morgan fingerprint density at radius 3 is 2.42 bits per heavy atom. The van der Waals surface area contributed by atoms with Gasteiger partial charge in [-0.2, -0.15) is 0 Å². The molecular weight excluding hydrogens is 353 g/mol. The summed E-state index contributed by atoms with van der Waals surface area (Å²) in [7, 11) is 3.23. The summed E-state index contributed by atoms with van der Waals surface area (Å²) < 4.78 is 24.6. The molecule has 3 rings (SSSR count). The molecule has 0 bridgehead atoms. The van der Waals surface area contributed by atoms with Crippen LogP contribution in [0.4, 0.5) is 15.8 Å². The van der Waals surface area contributed by atoms with Crippen molar-refractivity contribution in [2.24, 2.45) is 0 Å². The number of hydrogen-bond acceptors (Lipinski definition) is 4. The lowest BCUT2D eigenvalue weighted by Gasteiger charge is -2.37. The average molecular weight is 375 g/mol. The van der Waals surface area contributed by atoms with Gasteiger partial charge in [0, 0.05) is 32.2 Å². The Bertz CT molecular complexity index is 779. The van der Waals surface area contributed by atoms with Gasteiger partial charge in [-0.05, 0) is 36.5 Å². The van der Waals surface area contributed by atoms with E-state index in [9.17, 15) is 4.39 Å². The van der Waals surface area contributed by atoms with Crippen molar-refractivity contribution in [1.82, 2.24) is 4.90 Å². The number of methoxy groups -OCH3 is 2. The fourth-order valence-corrected chi connectivity index (χ4v) is 3.26. The van der Waals surface area contributed by atoms with Gasteiger partial charge in [0.1, 0.15) is 17.3 Å². The quantitative estimate of drug-likeness (QED) is 0.826. The van der Waals surface area contributed by atoms with Crippen LogP contribution >= 0.6 is 12.2 Å². The Morgan fingerprint density at radius 1 is 1.04 bits per heavy atom. The predicted molar refractivity (Wildman–Crippen MR) is 106 cm³/mol. The Labute approximate surface area is 158 Å². The fourth-order valence-electron chi connectivity index (χ4n) is 2.96. The molecule has 2 aromatic rings. The van der Waals surface area contributed by atoms with Crippen LogP contribution in [0.2, 0.25) is 0 Å². The standard InChI is InChI=1S/C19H22FN3O2S/c1-24-14-7-8-18(25-2)16(13-14)21-19(26)23-11-9-22(10-12-23)17-6-4-3-5-15(17)20/h3-8,13H,9-12H2,1-2H3,(H,21,26). The molecule has 0 aliphatic carbocycles. The maximum absolute atomic E-state index is 14.0. The smallest absolute Gasteiger partial charge is 0.173 e.